The Morgan fingerprint density at radius 2 is 1.90 bits per heavy atom. The van der Waals surface area contributed by atoms with E-state index in [1.54, 1.807) is 44.6 Å². The first-order valence-corrected chi connectivity index (χ1v) is 7.24. The lowest BCUT2D eigenvalue weighted by atomic mass is 10.0. The number of aromatic nitrogens is 1. The molecule has 0 aromatic carbocycles. The fraction of sp³-hybridized carbons (Fsp3) is 0.600. The molecule has 1 amide bonds. The fourth-order valence-corrected chi connectivity index (χ4v) is 2.08. The van der Waals surface area contributed by atoms with Gasteiger partial charge < -0.3 is 14.6 Å². The van der Waals surface area contributed by atoms with Gasteiger partial charge >= 0.3 is 5.97 Å². The number of nitrogens with one attached hydrogen (secondary N) is 1. The summed E-state index contributed by atoms with van der Waals surface area (Å²) in [6.07, 6.45) is 1.63. The van der Waals surface area contributed by atoms with Crippen LogP contribution in [0.5, 0.6) is 0 Å². The van der Waals surface area contributed by atoms with Crippen LogP contribution in [0, 0.1) is 5.92 Å². The maximum absolute atomic E-state index is 12.3. The van der Waals surface area contributed by atoms with Crippen LogP contribution in [-0.2, 0) is 16.6 Å². The third-order valence-corrected chi connectivity index (χ3v) is 3.02. The van der Waals surface area contributed by atoms with E-state index in [4.69, 9.17) is 16.3 Å². The van der Waals surface area contributed by atoms with E-state index in [-0.39, 0.29) is 11.8 Å². The zero-order valence-corrected chi connectivity index (χ0v) is 14.1. The molecule has 118 valence electrons. The molecule has 0 aliphatic heterocycles. The summed E-state index contributed by atoms with van der Waals surface area (Å²) in [5.41, 5.74) is -0.197. The molecule has 6 heteroatoms. The van der Waals surface area contributed by atoms with E-state index in [0.29, 0.717) is 10.7 Å². The van der Waals surface area contributed by atoms with Crippen LogP contribution in [0.15, 0.2) is 12.3 Å². The second kappa shape index (κ2) is 6.52. The quantitative estimate of drug-likeness (QED) is 0.869. The van der Waals surface area contributed by atoms with Crippen molar-refractivity contribution in [3.63, 3.8) is 0 Å². The highest BCUT2D eigenvalue weighted by Gasteiger charge is 2.30. The molecule has 1 heterocycles. The number of hydrogen-bond acceptors (Lipinski definition) is 3. The van der Waals surface area contributed by atoms with Gasteiger partial charge in [0.1, 0.15) is 17.3 Å². The van der Waals surface area contributed by atoms with Gasteiger partial charge in [0.25, 0.3) is 5.91 Å². The summed E-state index contributed by atoms with van der Waals surface area (Å²) < 4.78 is 6.96. The topological polar surface area (TPSA) is 60.3 Å². The van der Waals surface area contributed by atoms with E-state index >= 15 is 0 Å². The molecule has 0 saturated carbocycles. The van der Waals surface area contributed by atoms with Gasteiger partial charge in [-0.15, -0.1) is 0 Å². The molecule has 1 atom stereocenters. The maximum atomic E-state index is 12.3. The molecule has 5 nitrogen and oxygen atoms in total. The molecule has 1 N–H and O–H groups in total. The highest BCUT2D eigenvalue weighted by atomic mass is 35.5. The van der Waals surface area contributed by atoms with Crippen LogP contribution in [0.1, 0.15) is 45.1 Å². The van der Waals surface area contributed by atoms with Crippen molar-refractivity contribution in [2.24, 2.45) is 13.0 Å². The van der Waals surface area contributed by atoms with Crippen molar-refractivity contribution in [3.05, 3.63) is 23.0 Å². The third kappa shape index (κ3) is 5.08. The number of esters is 1. The number of hydrogen-bond donors (Lipinski definition) is 1. The molecular weight excluding hydrogens is 292 g/mol. The van der Waals surface area contributed by atoms with Crippen molar-refractivity contribution in [1.82, 2.24) is 9.88 Å². The smallest absolute Gasteiger partial charge is 0.329 e. The Morgan fingerprint density at radius 1 is 1.33 bits per heavy atom. The number of amides is 1. The van der Waals surface area contributed by atoms with Crippen LogP contribution in [0.3, 0.4) is 0 Å². The number of carbonyl (C=O) groups excluding carboxylic acids is 2. The normalized spacial score (nSPS) is 13.1. The molecule has 0 radical (unpaired) electrons. The minimum atomic E-state index is -0.703. The van der Waals surface area contributed by atoms with E-state index in [1.165, 1.54) is 0 Å². The molecule has 0 fully saturated rings. The average molecular weight is 315 g/mol. The van der Waals surface area contributed by atoms with Crippen molar-refractivity contribution in [3.8, 4) is 0 Å². The highest BCUT2D eigenvalue weighted by molar-refractivity contribution is 6.31. The molecule has 0 saturated heterocycles. The van der Waals surface area contributed by atoms with Gasteiger partial charge in [0.2, 0.25) is 0 Å². The maximum Gasteiger partial charge on any atom is 0.329 e. The molecule has 1 rings (SSSR count). The van der Waals surface area contributed by atoms with Crippen LogP contribution in [0.2, 0.25) is 5.02 Å². The average Bonchev–Trinajstić information content (AvgIpc) is 2.62. The lowest BCUT2D eigenvalue weighted by Gasteiger charge is -2.26. The summed E-state index contributed by atoms with van der Waals surface area (Å²) in [4.78, 5) is 24.5. The van der Waals surface area contributed by atoms with E-state index in [9.17, 15) is 9.59 Å². The van der Waals surface area contributed by atoms with Gasteiger partial charge in [-0.2, -0.15) is 0 Å². The summed E-state index contributed by atoms with van der Waals surface area (Å²) >= 11 is 5.87. The largest absolute Gasteiger partial charge is 0.458 e. The number of carbonyl (C=O) groups is 2. The van der Waals surface area contributed by atoms with Crippen molar-refractivity contribution < 1.29 is 14.3 Å². The van der Waals surface area contributed by atoms with E-state index in [1.807, 2.05) is 13.8 Å². The third-order valence-electron chi connectivity index (χ3n) is 2.82. The number of halogens is 1. The molecule has 0 aliphatic carbocycles. The Morgan fingerprint density at radius 3 is 2.29 bits per heavy atom. The predicted octanol–water partition coefficient (Wildman–Crippen LogP) is 2.77. The van der Waals surface area contributed by atoms with Gasteiger partial charge in [0.15, 0.2) is 0 Å². The summed E-state index contributed by atoms with van der Waals surface area (Å²) in [5.74, 6) is -0.875. The Balaban J connectivity index is 2.86. The zero-order chi connectivity index (χ0) is 16.4. The molecule has 21 heavy (non-hydrogen) atoms. The molecule has 0 unspecified atom stereocenters. The Bertz CT molecular complexity index is 530. The number of rotatable bonds is 4. The minimum Gasteiger partial charge on any atom is -0.458 e. The van der Waals surface area contributed by atoms with Crippen LogP contribution in [0.25, 0.3) is 0 Å². The number of ether oxygens (including phenoxy) is 1. The molecule has 0 bridgehead atoms. The summed E-state index contributed by atoms with van der Waals surface area (Å²) in [6.45, 7) is 9.09. The first kappa shape index (κ1) is 17.6. The Labute approximate surface area is 130 Å². The Hall–Kier alpha value is -1.49. The SMILES string of the molecule is CC(C)[C@@H](NC(=O)c1cc(Cl)cn1C)C(=O)OC(C)(C)C. The van der Waals surface area contributed by atoms with E-state index < -0.39 is 17.6 Å². The summed E-state index contributed by atoms with van der Waals surface area (Å²) in [5, 5.41) is 3.19. The van der Waals surface area contributed by atoms with Gasteiger partial charge in [-0.3, -0.25) is 4.79 Å². The fourth-order valence-electron chi connectivity index (χ4n) is 1.83. The lowest BCUT2D eigenvalue weighted by molar-refractivity contribution is -0.158. The second-order valence-electron chi connectivity index (χ2n) is 6.38. The summed E-state index contributed by atoms with van der Waals surface area (Å²) in [7, 11) is 1.72. The van der Waals surface area contributed by atoms with Crippen molar-refractivity contribution in [2.45, 2.75) is 46.3 Å². The Kier molecular flexibility index (Phi) is 5.45. The van der Waals surface area contributed by atoms with Crippen LogP contribution in [-0.4, -0.2) is 28.1 Å². The molecular formula is C15H23ClN2O3. The predicted molar refractivity (Wildman–Crippen MR) is 82.4 cm³/mol. The van der Waals surface area contributed by atoms with Gasteiger partial charge in [-0.05, 0) is 32.8 Å². The van der Waals surface area contributed by atoms with Crippen LogP contribution >= 0.6 is 11.6 Å². The molecule has 0 spiro atoms. The number of nitrogens with zero attached hydrogens (tertiary/aromatic N) is 1. The van der Waals surface area contributed by atoms with Gasteiger partial charge in [-0.25, -0.2) is 4.79 Å². The first-order chi connectivity index (χ1) is 9.51. The van der Waals surface area contributed by atoms with Gasteiger partial charge in [0.05, 0.1) is 5.02 Å². The molecule has 1 aromatic rings. The van der Waals surface area contributed by atoms with E-state index in [0.717, 1.165) is 0 Å². The lowest BCUT2D eigenvalue weighted by Crippen LogP contribution is -2.47. The summed E-state index contributed by atoms with van der Waals surface area (Å²) in [6, 6.07) is 0.856. The highest BCUT2D eigenvalue weighted by Crippen LogP contribution is 2.15. The van der Waals surface area contributed by atoms with Crippen molar-refractivity contribution >= 4 is 23.5 Å². The zero-order valence-electron chi connectivity index (χ0n) is 13.4. The minimum absolute atomic E-state index is 0.0838. The van der Waals surface area contributed by atoms with Crippen molar-refractivity contribution in [2.75, 3.05) is 0 Å². The standard InChI is InChI=1S/C15H23ClN2O3/c1-9(2)12(14(20)21-15(3,4)5)17-13(19)11-7-10(16)8-18(11)6/h7-9,12H,1-6H3,(H,17,19)/t12-/m1/s1. The molecule has 1 aromatic heterocycles. The first-order valence-electron chi connectivity index (χ1n) is 6.87. The van der Waals surface area contributed by atoms with Crippen LogP contribution in [0.4, 0.5) is 0 Å². The second-order valence-corrected chi connectivity index (χ2v) is 6.82. The van der Waals surface area contributed by atoms with Crippen LogP contribution < -0.4 is 5.32 Å². The van der Waals surface area contributed by atoms with E-state index in [2.05, 4.69) is 5.32 Å². The van der Waals surface area contributed by atoms with Crippen molar-refractivity contribution in [1.29, 1.82) is 0 Å². The van der Waals surface area contributed by atoms with Gasteiger partial charge in [0, 0.05) is 13.2 Å². The van der Waals surface area contributed by atoms with Gasteiger partial charge in [-0.1, -0.05) is 25.4 Å². The number of aryl methyl sites for hydroxylation is 1. The monoisotopic (exact) mass is 314 g/mol. The molecule has 0 aliphatic rings.